The molecule has 1 aliphatic rings. The van der Waals surface area contributed by atoms with Gasteiger partial charge in [0.25, 0.3) is 5.91 Å². The number of amides is 1. The summed E-state index contributed by atoms with van der Waals surface area (Å²) in [7, 11) is 0. The Kier molecular flexibility index (Phi) is 6.28. The second-order valence-corrected chi connectivity index (χ2v) is 8.19. The average Bonchev–Trinajstić information content (AvgIpc) is 3.22. The van der Waals surface area contributed by atoms with Crippen molar-refractivity contribution in [3.63, 3.8) is 0 Å². The van der Waals surface area contributed by atoms with Crippen LogP contribution < -0.4 is 5.32 Å². The van der Waals surface area contributed by atoms with Crippen LogP contribution in [0.5, 0.6) is 0 Å². The minimum atomic E-state index is -4.46. The zero-order valence-electron chi connectivity index (χ0n) is 17.7. The number of hydrogen-bond donors (Lipinski definition) is 1. The molecule has 3 aromatic rings. The van der Waals surface area contributed by atoms with E-state index < -0.39 is 17.6 Å². The maximum absolute atomic E-state index is 12.9. The second kappa shape index (κ2) is 9.12. The number of aryl methyl sites for hydroxylation is 1. The fourth-order valence-electron chi connectivity index (χ4n) is 4.18. The van der Waals surface area contributed by atoms with Gasteiger partial charge in [0.1, 0.15) is 0 Å². The lowest BCUT2D eigenvalue weighted by molar-refractivity contribution is -0.137. The summed E-state index contributed by atoms with van der Waals surface area (Å²) < 4.78 is 38.8. The zero-order valence-corrected chi connectivity index (χ0v) is 17.7. The molecule has 2 aromatic carbocycles. The van der Waals surface area contributed by atoms with Crippen LogP contribution in [0.3, 0.4) is 0 Å². The number of pyridine rings is 1. The fourth-order valence-corrected chi connectivity index (χ4v) is 4.18. The molecule has 1 aromatic heterocycles. The Morgan fingerprint density at radius 2 is 2.00 bits per heavy atom. The number of anilines is 1. The number of rotatable bonds is 5. The van der Waals surface area contributed by atoms with E-state index in [4.69, 9.17) is 0 Å². The van der Waals surface area contributed by atoms with Crippen molar-refractivity contribution in [1.82, 2.24) is 9.88 Å². The third-order valence-corrected chi connectivity index (χ3v) is 5.83. The summed E-state index contributed by atoms with van der Waals surface area (Å²) in [6, 6.07) is 14.1. The van der Waals surface area contributed by atoms with E-state index in [2.05, 4.69) is 21.3 Å². The lowest BCUT2D eigenvalue weighted by atomic mass is 9.92. The zero-order chi connectivity index (χ0) is 22.7. The van der Waals surface area contributed by atoms with Gasteiger partial charge in [0.15, 0.2) is 0 Å². The first-order valence-corrected chi connectivity index (χ1v) is 10.5. The molecule has 4 nitrogen and oxygen atoms in total. The van der Waals surface area contributed by atoms with Gasteiger partial charge in [-0.15, -0.1) is 0 Å². The number of halogens is 3. The van der Waals surface area contributed by atoms with Crippen LogP contribution in [0.15, 0.2) is 67.0 Å². The fraction of sp³-hybridized carbons (Fsp3) is 0.280. The van der Waals surface area contributed by atoms with E-state index in [1.54, 1.807) is 12.3 Å². The maximum atomic E-state index is 12.9. The number of benzene rings is 2. The highest BCUT2D eigenvalue weighted by molar-refractivity contribution is 6.04. The van der Waals surface area contributed by atoms with Crippen LogP contribution >= 0.6 is 0 Å². The molecule has 0 bridgehead atoms. The summed E-state index contributed by atoms with van der Waals surface area (Å²) in [5.74, 6) is -0.122. The summed E-state index contributed by atoms with van der Waals surface area (Å²) in [5.41, 5.74) is 3.15. The van der Waals surface area contributed by atoms with Gasteiger partial charge in [-0.2, -0.15) is 13.2 Å². The van der Waals surface area contributed by atoms with Gasteiger partial charge in [-0.1, -0.05) is 18.2 Å². The number of nitrogens with one attached hydrogen (secondary N) is 1. The summed E-state index contributed by atoms with van der Waals surface area (Å²) in [6.07, 6.45) is 0.161. The third kappa shape index (κ3) is 5.16. The normalized spacial score (nSPS) is 16.8. The lowest BCUT2D eigenvalue weighted by Crippen LogP contribution is -2.20. The first kappa shape index (κ1) is 22.0. The number of alkyl halides is 3. The summed E-state index contributed by atoms with van der Waals surface area (Å²) in [4.78, 5) is 19.3. The van der Waals surface area contributed by atoms with E-state index >= 15 is 0 Å². The van der Waals surface area contributed by atoms with Gasteiger partial charge in [0.05, 0.1) is 5.56 Å². The van der Waals surface area contributed by atoms with Crippen LogP contribution in [0.1, 0.15) is 45.0 Å². The summed E-state index contributed by atoms with van der Waals surface area (Å²) >= 11 is 0. The Balaban J connectivity index is 1.46. The highest BCUT2D eigenvalue weighted by Crippen LogP contribution is 2.32. The molecule has 1 N–H and O–H groups in total. The molecule has 0 aliphatic carbocycles. The van der Waals surface area contributed by atoms with Crippen molar-refractivity contribution in [3.05, 3.63) is 94.8 Å². The van der Waals surface area contributed by atoms with Crippen LogP contribution in [-0.4, -0.2) is 28.9 Å². The van der Waals surface area contributed by atoms with Crippen LogP contribution in [-0.2, 0) is 12.7 Å². The largest absolute Gasteiger partial charge is 0.416 e. The number of nitrogens with zero attached hydrogens (tertiary/aromatic N) is 2. The Morgan fingerprint density at radius 1 is 1.16 bits per heavy atom. The van der Waals surface area contributed by atoms with Gasteiger partial charge < -0.3 is 5.32 Å². The molecule has 1 amide bonds. The molecule has 2 heterocycles. The molecular formula is C25H24F3N3O. The van der Waals surface area contributed by atoms with E-state index in [1.807, 2.05) is 31.3 Å². The molecule has 1 unspecified atom stereocenters. The molecule has 1 fully saturated rings. The predicted octanol–water partition coefficient (Wildman–Crippen LogP) is 5.65. The Bertz CT molecular complexity index is 1100. The van der Waals surface area contributed by atoms with E-state index in [-0.39, 0.29) is 5.69 Å². The maximum Gasteiger partial charge on any atom is 0.416 e. The van der Waals surface area contributed by atoms with Gasteiger partial charge in [0.2, 0.25) is 0 Å². The molecular weight excluding hydrogens is 415 g/mol. The molecule has 7 heteroatoms. The Morgan fingerprint density at radius 3 is 2.75 bits per heavy atom. The number of likely N-dealkylation sites (tertiary alicyclic amines) is 1. The Labute approximate surface area is 185 Å². The molecule has 0 radical (unpaired) electrons. The summed E-state index contributed by atoms with van der Waals surface area (Å²) in [6.45, 7) is 4.70. The van der Waals surface area contributed by atoms with E-state index in [1.165, 1.54) is 17.7 Å². The highest BCUT2D eigenvalue weighted by Gasteiger charge is 2.30. The lowest BCUT2D eigenvalue weighted by Gasteiger charge is -2.18. The van der Waals surface area contributed by atoms with Gasteiger partial charge in [-0.25, -0.2) is 0 Å². The number of aromatic nitrogens is 1. The van der Waals surface area contributed by atoms with Gasteiger partial charge in [0, 0.05) is 36.7 Å². The third-order valence-electron chi connectivity index (χ3n) is 5.83. The number of carbonyl (C=O) groups is 1. The van der Waals surface area contributed by atoms with Crippen molar-refractivity contribution in [1.29, 1.82) is 0 Å². The van der Waals surface area contributed by atoms with E-state index in [9.17, 15) is 18.0 Å². The molecule has 0 spiro atoms. The average molecular weight is 439 g/mol. The molecule has 32 heavy (non-hydrogen) atoms. The number of hydrogen-bond acceptors (Lipinski definition) is 3. The highest BCUT2D eigenvalue weighted by atomic mass is 19.4. The van der Waals surface area contributed by atoms with E-state index in [0.29, 0.717) is 11.5 Å². The van der Waals surface area contributed by atoms with Crippen molar-refractivity contribution in [3.8, 4) is 0 Å². The SMILES string of the molecule is Cc1ccc(C(=O)Nc2cccc(C(F)(F)F)c2)cc1C1CCN(Cc2cccnc2)C1. The minimum Gasteiger partial charge on any atom is -0.322 e. The van der Waals surface area contributed by atoms with Crippen LogP contribution in [0.2, 0.25) is 0 Å². The topological polar surface area (TPSA) is 45.2 Å². The Hall–Kier alpha value is -3.19. The second-order valence-electron chi connectivity index (χ2n) is 8.19. The van der Waals surface area contributed by atoms with Gasteiger partial charge in [-0.05, 0) is 78.9 Å². The standard InChI is InChI=1S/C25H24F3N3O/c1-17-7-8-19(24(32)30-22-6-2-5-21(13-22)25(26,27)28)12-23(17)20-9-11-31(16-20)15-18-4-3-10-29-14-18/h2-8,10,12-14,20H,9,11,15-16H2,1H3,(H,30,32). The monoisotopic (exact) mass is 439 g/mol. The predicted molar refractivity (Wildman–Crippen MR) is 117 cm³/mol. The molecule has 0 saturated carbocycles. The van der Waals surface area contributed by atoms with Crippen molar-refractivity contribution < 1.29 is 18.0 Å². The van der Waals surface area contributed by atoms with E-state index in [0.717, 1.165) is 49.3 Å². The molecule has 1 atom stereocenters. The molecule has 166 valence electrons. The molecule has 1 saturated heterocycles. The van der Waals surface area contributed by atoms with Crippen molar-refractivity contribution in [2.75, 3.05) is 18.4 Å². The smallest absolute Gasteiger partial charge is 0.322 e. The van der Waals surface area contributed by atoms with Gasteiger partial charge >= 0.3 is 6.18 Å². The summed E-state index contributed by atoms with van der Waals surface area (Å²) in [5, 5.41) is 2.59. The van der Waals surface area contributed by atoms with Crippen molar-refractivity contribution in [2.45, 2.75) is 32.0 Å². The van der Waals surface area contributed by atoms with Gasteiger partial charge in [-0.3, -0.25) is 14.7 Å². The quantitative estimate of drug-likeness (QED) is 0.559. The first-order valence-electron chi connectivity index (χ1n) is 10.5. The van der Waals surface area contributed by atoms with Crippen molar-refractivity contribution >= 4 is 11.6 Å². The van der Waals surface area contributed by atoms with Crippen molar-refractivity contribution in [2.24, 2.45) is 0 Å². The van der Waals surface area contributed by atoms with Crippen LogP contribution in [0, 0.1) is 6.92 Å². The van der Waals surface area contributed by atoms with Crippen LogP contribution in [0.25, 0.3) is 0 Å². The van der Waals surface area contributed by atoms with Crippen LogP contribution in [0.4, 0.5) is 18.9 Å². The number of carbonyl (C=O) groups excluding carboxylic acids is 1. The molecule has 4 rings (SSSR count). The minimum absolute atomic E-state index is 0.121. The first-order chi connectivity index (χ1) is 15.3. The molecule has 1 aliphatic heterocycles.